The van der Waals surface area contributed by atoms with Crippen LogP contribution in [0.3, 0.4) is 0 Å². The molecular formula is C9H15NO. The average molecular weight is 153 g/mol. The van der Waals surface area contributed by atoms with Crippen LogP contribution in [0.4, 0.5) is 0 Å². The van der Waals surface area contributed by atoms with Crippen LogP contribution in [0.15, 0.2) is 24.3 Å². The van der Waals surface area contributed by atoms with Crippen molar-refractivity contribution in [2.75, 3.05) is 0 Å². The zero-order valence-electron chi connectivity index (χ0n) is 6.92. The van der Waals surface area contributed by atoms with E-state index in [0.29, 0.717) is 0 Å². The molecule has 0 saturated carbocycles. The zero-order valence-corrected chi connectivity index (χ0v) is 6.92. The zero-order chi connectivity index (χ0) is 8.53. The number of primary amides is 1. The van der Waals surface area contributed by atoms with Gasteiger partial charge < -0.3 is 5.73 Å². The summed E-state index contributed by atoms with van der Waals surface area (Å²) in [4.78, 5) is 10.2. The number of allylic oxidation sites excluding steroid dienone is 3. The van der Waals surface area contributed by atoms with Crippen LogP contribution in [-0.2, 0) is 4.79 Å². The van der Waals surface area contributed by atoms with E-state index >= 15 is 0 Å². The maximum Gasteiger partial charge on any atom is 0.241 e. The Hall–Kier alpha value is -1.05. The molecule has 2 nitrogen and oxygen atoms in total. The Morgan fingerprint density at radius 1 is 1.27 bits per heavy atom. The first-order chi connectivity index (χ1) is 5.27. The number of rotatable bonds is 5. The minimum atomic E-state index is -0.371. The summed E-state index contributed by atoms with van der Waals surface area (Å²) in [5.74, 6) is -0.371. The van der Waals surface area contributed by atoms with Crippen molar-refractivity contribution in [1.82, 2.24) is 0 Å². The fraction of sp³-hybridized carbons (Fsp3) is 0.444. The van der Waals surface area contributed by atoms with Gasteiger partial charge in [-0.15, -0.1) is 0 Å². The molecule has 0 aliphatic rings. The van der Waals surface area contributed by atoms with E-state index in [4.69, 9.17) is 5.73 Å². The molecule has 0 aromatic heterocycles. The fourth-order valence-corrected chi connectivity index (χ4v) is 0.676. The summed E-state index contributed by atoms with van der Waals surface area (Å²) in [6.45, 7) is 2.09. The van der Waals surface area contributed by atoms with Crippen LogP contribution in [0.25, 0.3) is 0 Å². The molecule has 62 valence electrons. The van der Waals surface area contributed by atoms with E-state index in [1.807, 2.05) is 0 Å². The Bertz CT molecular complexity index is 159. The number of carbonyl (C=O) groups excluding carboxylic acids is 1. The number of nitrogens with two attached hydrogens (primary N) is 1. The molecular weight excluding hydrogens is 138 g/mol. The van der Waals surface area contributed by atoms with E-state index in [9.17, 15) is 4.79 Å². The second kappa shape index (κ2) is 7.06. The van der Waals surface area contributed by atoms with Crippen molar-refractivity contribution in [3.8, 4) is 0 Å². The molecule has 11 heavy (non-hydrogen) atoms. The van der Waals surface area contributed by atoms with Gasteiger partial charge in [-0.1, -0.05) is 25.2 Å². The highest BCUT2D eigenvalue weighted by molar-refractivity contribution is 5.85. The maximum atomic E-state index is 10.2. The summed E-state index contributed by atoms with van der Waals surface area (Å²) in [7, 11) is 0. The standard InChI is InChI=1S/C9H15NO/c1-2-3-4-5-6-7-8-9(10)11/h3-4,7-8H,2,5-6H2,1H3,(H2,10,11)/b4-3-,8-7-. The smallest absolute Gasteiger partial charge is 0.241 e. The predicted molar refractivity (Wildman–Crippen MR) is 47.0 cm³/mol. The lowest BCUT2D eigenvalue weighted by Gasteiger charge is -1.84. The van der Waals surface area contributed by atoms with E-state index in [-0.39, 0.29) is 5.91 Å². The van der Waals surface area contributed by atoms with Gasteiger partial charge in [-0.05, 0) is 25.3 Å². The third kappa shape index (κ3) is 8.95. The van der Waals surface area contributed by atoms with Crippen molar-refractivity contribution in [3.05, 3.63) is 24.3 Å². The molecule has 0 spiro atoms. The molecule has 0 atom stereocenters. The van der Waals surface area contributed by atoms with Gasteiger partial charge in [0.25, 0.3) is 0 Å². The molecule has 0 aromatic carbocycles. The minimum Gasteiger partial charge on any atom is -0.366 e. The number of unbranched alkanes of at least 4 members (excludes halogenated alkanes) is 1. The van der Waals surface area contributed by atoms with E-state index in [1.54, 1.807) is 6.08 Å². The number of hydrogen-bond acceptors (Lipinski definition) is 1. The second-order valence-corrected chi connectivity index (χ2v) is 2.26. The molecule has 2 N–H and O–H groups in total. The molecule has 0 unspecified atom stereocenters. The van der Waals surface area contributed by atoms with Crippen LogP contribution in [-0.4, -0.2) is 5.91 Å². The highest BCUT2D eigenvalue weighted by Crippen LogP contribution is 1.93. The van der Waals surface area contributed by atoms with Gasteiger partial charge in [-0.2, -0.15) is 0 Å². The monoisotopic (exact) mass is 153 g/mol. The second-order valence-electron chi connectivity index (χ2n) is 2.26. The molecule has 0 heterocycles. The molecule has 0 saturated heterocycles. The summed E-state index contributed by atoms with van der Waals surface area (Å²) >= 11 is 0. The SMILES string of the molecule is CC/C=C\CC/C=C\C(N)=O. The van der Waals surface area contributed by atoms with Crippen LogP contribution >= 0.6 is 0 Å². The van der Waals surface area contributed by atoms with Crippen LogP contribution in [0.2, 0.25) is 0 Å². The summed E-state index contributed by atoms with van der Waals surface area (Å²) in [6, 6.07) is 0. The first-order valence-electron chi connectivity index (χ1n) is 3.88. The number of hydrogen-bond donors (Lipinski definition) is 1. The maximum absolute atomic E-state index is 10.2. The number of carbonyl (C=O) groups is 1. The third-order valence-electron chi connectivity index (χ3n) is 1.18. The van der Waals surface area contributed by atoms with E-state index in [0.717, 1.165) is 19.3 Å². The van der Waals surface area contributed by atoms with E-state index in [2.05, 4.69) is 19.1 Å². The Kier molecular flexibility index (Phi) is 6.39. The lowest BCUT2D eigenvalue weighted by Crippen LogP contribution is -2.05. The molecule has 0 fully saturated rings. The normalized spacial score (nSPS) is 11.4. The highest BCUT2D eigenvalue weighted by Gasteiger charge is 1.80. The summed E-state index contributed by atoms with van der Waals surface area (Å²) in [6.07, 6.45) is 10.3. The third-order valence-corrected chi connectivity index (χ3v) is 1.18. The minimum absolute atomic E-state index is 0.371. The van der Waals surface area contributed by atoms with E-state index < -0.39 is 0 Å². The summed E-state index contributed by atoms with van der Waals surface area (Å²) in [5.41, 5.74) is 4.89. The number of amides is 1. The molecule has 0 aromatic rings. The molecule has 0 radical (unpaired) electrons. The summed E-state index contributed by atoms with van der Waals surface area (Å²) in [5, 5.41) is 0. The van der Waals surface area contributed by atoms with Crippen molar-refractivity contribution < 1.29 is 4.79 Å². The fourth-order valence-electron chi connectivity index (χ4n) is 0.676. The Balaban J connectivity index is 3.27. The Morgan fingerprint density at radius 3 is 2.45 bits per heavy atom. The van der Waals surface area contributed by atoms with Gasteiger partial charge in [0.1, 0.15) is 0 Å². The molecule has 0 aliphatic heterocycles. The predicted octanol–water partition coefficient (Wildman–Crippen LogP) is 1.77. The summed E-state index contributed by atoms with van der Waals surface area (Å²) < 4.78 is 0. The van der Waals surface area contributed by atoms with E-state index in [1.165, 1.54) is 6.08 Å². The van der Waals surface area contributed by atoms with Crippen LogP contribution in [0, 0.1) is 0 Å². The lowest BCUT2D eigenvalue weighted by molar-refractivity contribution is -0.113. The van der Waals surface area contributed by atoms with Gasteiger partial charge in [-0.25, -0.2) is 0 Å². The molecule has 1 amide bonds. The van der Waals surface area contributed by atoms with Crippen molar-refractivity contribution in [1.29, 1.82) is 0 Å². The van der Waals surface area contributed by atoms with Gasteiger partial charge in [0.2, 0.25) is 5.91 Å². The van der Waals surface area contributed by atoms with Gasteiger partial charge >= 0.3 is 0 Å². The highest BCUT2D eigenvalue weighted by atomic mass is 16.1. The van der Waals surface area contributed by atoms with Gasteiger partial charge in [0.05, 0.1) is 0 Å². The van der Waals surface area contributed by atoms with Gasteiger partial charge in [-0.3, -0.25) is 4.79 Å². The quantitative estimate of drug-likeness (QED) is 0.365. The Morgan fingerprint density at radius 2 is 1.91 bits per heavy atom. The lowest BCUT2D eigenvalue weighted by atomic mass is 10.2. The van der Waals surface area contributed by atoms with Crippen molar-refractivity contribution >= 4 is 5.91 Å². The first kappa shape index (κ1) is 9.95. The molecule has 0 rings (SSSR count). The van der Waals surface area contributed by atoms with Crippen molar-refractivity contribution in [2.45, 2.75) is 26.2 Å². The van der Waals surface area contributed by atoms with Crippen molar-refractivity contribution in [2.24, 2.45) is 5.73 Å². The van der Waals surface area contributed by atoms with Gasteiger partial charge in [0.15, 0.2) is 0 Å². The van der Waals surface area contributed by atoms with Crippen LogP contribution in [0.5, 0.6) is 0 Å². The van der Waals surface area contributed by atoms with Crippen molar-refractivity contribution in [3.63, 3.8) is 0 Å². The van der Waals surface area contributed by atoms with Crippen LogP contribution in [0.1, 0.15) is 26.2 Å². The first-order valence-corrected chi connectivity index (χ1v) is 3.88. The average Bonchev–Trinajstić information content (AvgIpc) is 1.96. The van der Waals surface area contributed by atoms with Gasteiger partial charge in [0, 0.05) is 0 Å². The molecule has 0 aliphatic carbocycles. The molecule has 0 bridgehead atoms. The van der Waals surface area contributed by atoms with Crippen LogP contribution < -0.4 is 5.73 Å². The largest absolute Gasteiger partial charge is 0.366 e. The Labute approximate surface area is 67.8 Å². The molecule has 2 heteroatoms. The topological polar surface area (TPSA) is 43.1 Å².